The van der Waals surface area contributed by atoms with Gasteiger partial charge < -0.3 is 29.9 Å². The first-order chi connectivity index (χ1) is 36.5. The molecule has 0 heterocycles. The van der Waals surface area contributed by atoms with Crippen molar-refractivity contribution in [1.82, 2.24) is 0 Å². The average Bonchev–Trinajstić information content (AvgIpc) is 3.27. The number of esters is 1. The maximum absolute atomic E-state index is 12.7. The van der Waals surface area contributed by atoms with Gasteiger partial charge in [-0.3, -0.25) is 14.4 Å². The largest absolute Gasteiger partial charge is 0.491 e. The second-order valence-electron chi connectivity index (χ2n) is 30.4. The number of carboxylic acids is 3. The van der Waals surface area contributed by atoms with E-state index in [1.165, 1.54) is 24.8 Å². The molecular weight excluding hydrogens is 977 g/mol. The molecule has 3 spiro atoms. The fourth-order valence-electron chi connectivity index (χ4n) is 23.7. The van der Waals surface area contributed by atoms with Gasteiger partial charge in [0.05, 0.1) is 28.1 Å². The molecule has 0 aromatic carbocycles. The van der Waals surface area contributed by atoms with Crippen LogP contribution in [0.25, 0.3) is 0 Å². The number of carbonyl (C=O) groups excluding carboxylic acids is 1. The molecule has 0 aliphatic heterocycles. The van der Waals surface area contributed by atoms with Crippen molar-refractivity contribution in [3.63, 3.8) is 0 Å². The number of rotatable bonds is 7. The van der Waals surface area contributed by atoms with Crippen molar-refractivity contribution in [1.29, 1.82) is 0 Å². The van der Waals surface area contributed by atoms with Crippen LogP contribution in [-0.2, 0) is 28.7 Å². The molecule has 6 bridgehead atoms. The summed E-state index contributed by atoms with van der Waals surface area (Å²) >= 11 is 0. The standard InChI is InChI=1S/C25H36O4.C23H34O3.C20H30O3/c1-6-15(2)21(26)29-20-16(3)17-8-9-19-23(4)11-7-12-24(5,22(27)28)18(23)10-13-25(19,20)14-17;1-14(2)26-19-15(3)16-7-8-18-21(4)10-6-11-22(5,20(24)25)17(21)9-12-23(18,19)13-16;1-12-13-5-6-15-18(2)8-4-9-19(3,17(22)23)14(18)7-10-20(15,11-13)16(12)21/h6,17-20H,3,7-14H2,1-2,4-5H3,(H,27,28);16-19H,1,3,6-13H2,2,4-5H3,(H,24,25);13-16,21H,1,4-11H2,2-3H3,(H,22,23)/b15-6+;;. The third-order valence-electron chi connectivity index (χ3n) is 27.3. The van der Waals surface area contributed by atoms with Gasteiger partial charge >= 0.3 is 23.9 Å². The van der Waals surface area contributed by atoms with E-state index < -0.39 is 34.2 Å². The van der Waals surface area contributed by atoms with Gasteiger partial charge in [0.15, 0.2) is 0 Å². The Morgan fingerprint density at radius 1 is 0.474 bits per heavy atom. The summed E-state index contributed by atoms with van der Waals surface area (Å²) in [6, 6.07) is 0. The predicted molar refractivity (Wildman–Crippen MR) is 303 cm³/mol. The number of aliphatic hydroxyl groups excluding tert-OH is 1. The van der Waals surface area contributed by atoms with Crippen LogP contribution in [0, 0.1) is 102 Å². The van der Waals surface area contributed by atoms with Crippen molar-refractivity contribution in [3.8, 4) is 0 Å². The van der Waals surface area contributed by atoms with Gasteiger partial charge in [-0.15, -0.1) is 0 Å². The molecule has 4 N–H and O–H groups in total. The summed E-state index contributed by atoms with van der Waals surface area (Å²) in [4.78, 5) is 49.2. The molecule has 12 saturated carbocycles. The highest BCUT2D eigenvalue weighted by atomic mass is 16.5. The Morgan fingerprint density at radius 3 is 1.17 bits per heavy atom. The molecule has 0 aromatic heterocycles. The zero-order valence-corrected chi connectivity index (χ0v) is 49.5. The first-order valence-corrected chi connectivity index (χ1v) is 31.1. The lowest BCUT2D eigenvalue weighted by atomic mass is 9.40. The molecule has 0 radical (unpaired) electrons. The summed E-state index contributed by atoms with van der Waals surface area (Å²) in [5.74, 6) is 2.30. The first-order valence-electron chi connectivity index (χ1n) is 31.1. The minimum absolute atomic E-state index is 0.0119. The number of fused-ring (bicyclic) bond motifs is 9. The van der Waals surface area contributed by atoms with Gasteiger partial charge in [-0.1, -0.05) is 72.4 Å². The maximum Gasteiger partial charge on any atom is 0.333 e. The van der Waals surface area contributed by atoms with Crippen LogP contribution < -0.4 is 0 Å². The van der Waals surface area contributed by atoms with Gasteiger partial charge in [-0.05, 0) is 263 Å². The molecule has 0 saturated heterocycles. The fourth-order valence-corrected chi connectivity index (χ4v) is 23.7. The third-order valence-corrected chi connectivity index (χ3v) is 27.3. The molecule has 0 amide bonds. The minimum atomic E-state index is -0.644. The monoisotopic (exact) mass is 1080 g/mol. The highest BCUT2D eigenvalue weighted by molar-refractivity contribution is 5.88. The van der Waals surface area contributed by atoms with Crippen molar-refractivity contribution >= 4 is 23.9 Å². The van der Waals surface area contributed by atoms with Crippen molar-refractivity contribution in [2.24, 2.45) is 102 Å². The van der Waals surface area contributed by atoms with Gasteiger partial charge in [0, 0.05) is 21.8 Å². The highest BCUT2D eigenvalue weighted by Crippen LogP contribution is 2.76. The molecule has 12 aliphatic carbocycles. The summed E-state index contributed by atoms with van der Waals surface area (Å²) in [5.41, 5.74) is 2.46. The van der Waals surface area contributed by atoms with Crippen molar-refractivity contribution in [2.45, 2.75) is 235 Å². The second-order valence-corrected chi connectivity index (χ2v) is 30.4. The molecule has 12 fully saturated rings. The predicted octanol–water partition coefficient (Wildman–Crippen LogP) is 15.1. The van der Waals surface area contributed by atoms with Gasteiger partial charge in [-0.2, -0.15) is 0 Å². The molecule has 0 aromatic rings. The Kier molecular flexibility index (Phi) is 14.4. The topological polar surface area (TPSA) is 168 Å². The van der Waals surface area contributed by atoms with Crippen molar-refractivity contribution < 1.29 is 49.1 Å². The summed E-state index contributed by atoms with van der Waals surface area (Å²) < 4.78 is 12.5. The Hall–Kier alpha value is -3.66. The maximum atomic E-state index is 12.7. The third kappa shape index (κ3) is 8.01. The van der Waals surface area contributed by atoms with Gasteiger partial charge in [-0.25, -0.2) is 4.79 Å². The number of aliphatic hydroxyl groups is 1. The highest BCUT2D eigenvalue weighted by Gasteiger charge is 2.72. The molecule has 10 heteroatoms. The Bertz CT molecular complexity index is 2560. The summed E-state index contributed by atoms with van der Waals surface area (Å²) in [6.07, 6.45) is 26.1. The van der Waals surface area contributed by atoms with Crippen molar-refractivity contribution in [3.05, 3.63) is 60.4 Å². The summed E-state index contributed by atoms with van der Waals surface area (Å²) in [6.45, 7) is 35.7. The lowest BCUT2D eigenvalue weighted by molar-refractivity contribution is -0.195. The van der Waals surface area contributed by atoms with Gasteiger partial charge in [0.2, 0.25) is 0 Å². The minimum Gasteiger partial charge on any atom is -0.491 e. The zero-order valence-electron chi connectivity index (χ0n) is 49.5. The first kappa shape index (κ1) is 57.6. The number of ether oxygens (including phenoxy) is 2. The van der Waals surface area contributed by atoms with Crippen LogP contribution >= 0.6 is 0 Å². The zero-order chi connectivity index (χ0) is 56.7. The normalized spacial score (nSPS) is 50.2. The SMILES string of the molecule is C=C(C)OC1C(=C)C2CCC3C4(C)CCCC(C)(C(=O)O)C4CCC13C2.C=C1C2CCC3C4(C)CCCC(C)(C(=O)O)C4CCC3(C2)C1O.C=C1C2CCC3C4(C)CCCC(C)(C(=O)O)C4CCC3(C2)C1OC(=O)/C(C)=C/C. The Balaban J connectivity index is 0.000000133. The van der Waals surface area contributed by atoms with Gasteiger partial charge in [0.25, 0.3) is 0 Å². The molecule has 432 valence electrons. The number of carbonyl (C=O) groups is 4. The summed E-state index contributed by atoms with van der Waals surface area (Å²) in [5, 5.41) is 41.0. The van der Waals surface area contributed by atoms with E-state index in [0.29, 0.717) is 41.1 Å². The quantitative estimate of drug-likeness (QED) is 0.0834. The van der Waals surface area contributed by atoms with E-state index in [9.17, 15) is 39.6 Å². The molecule has 21 atom stereocenters. The lowest BCUT2D eigenvalue weighted by Crippen LogP contribution is -2.60. The number of carboxylic acid groups (broad SMARTS) is 3. The number of aliphatic carboxylic acids is 3. The van der Waals surface area contributed by atoms with Gasteiger partial charge in [0.1, 0.15) is 12.2 Å². The average molecular weight is 1080 g/mol. The molecule has 12 aliphatic rings. The molecule has 12 rings (SSSR count). The Labute approximate surface area is 468 Å². The lowest BCUT2D eigenvalue weighted by Gasteiger charge is -2.63. The van der Waals surface area contributed by atoms with Crippen LogP contribution in [0.2, 0.25) is 0 Å². The molecule has 78 heavy (non-hydrogen) atoms. The fraction of sp³-hybridized carbons (Fsp3) is 0.794. The summed E-state index contributed by atoms with van der Waals surface area (Å²) in [7, 11) is 0. The van der Waals surface area contributed by atoms with Crippen LogP contribution in [0.5, 0.6) is 0 Å². The van der Waals surface area contributed by atoms with Crippen LogP contribution in [0.3, 0.4) is 0 Å². The van der Waals surface area contributed by atoms with Crippen LogP contribution in [0.4, 0.5) is 0 Å². The van der Waals surface area contributed by atoms with E-state index in [1.54, 1.807) is 13.0 Å². The smallest absolute Gasteiger partial charge is 0.333 e. The molecular formula is C68H100O10. The van der Waals surface area contributed by atoms with Crippen LogP contribution in [0.1, 0.15) is 216 Å². The number of allylic oxidation sites excluding steroid dienone is 2. The van der Waals surface area contributed by atoms with E-state index in [4.69, 9.17) is 9.47 Å². The van der Waals surface area contributed by atoms with Crippen LogP contribution in [0.15, 0.2) is 60.4 Å². The number of hydrogen-bond donors (Lipinski definition) is 4. The van der Waals surface area contributed by atoms with Crippen LogP contribution in [-0.4, -0.2) is 62.6 Å². The number of hydrogen-bond acceptors (Lipinski definition) is 7. The van der Waals surface area contributed by atoms with E-state index in [-0.39, 0.29) is 74.5 Å². The van der Waals surface area contributed by atoms with E-state index in [2.05, 4.69) is 47.1 Å². The second kappa shape index (κ2) is 19.5. The van der Waals surface area contributed by atoms with E-state index in [1.807, 2.05) is 34.6 Å². The molecule has 10 nitrogen and oxygen atoms in total. The van der Waals surface area contributed by atoms with Crippen molar-refractivity contribution in [2.75, 3.05) is 0 Å². The van der Waals surface area contributed by atoms with E-state index >= 15 is 0 Å². The Morgan fingerprint density at radius 2 is 0.808 bits per heavy atom. The van der Waals surface area contributed by atoms with E-state index in [0.717, 1.165) is 152 Å². The molecule has 21 unspecified atom stereocenters.